The molecule has 0 spiro atoms. The average Bonchev–Trinajstić information content (AvgIpc) is 3.04. The van der Waals surface area contributed by atoms with Gasteiger partial charge >= 0.3 is 6.18 Å². The number of halogens is 4. The molecule has 6 nitrogen and oxygen atoms in total. The van der Waals surface area contributed by atoms with E-state index in [0.29, 0.717) is 12.5 Å². The van der Waals surface area contributed by atoms with Crippen LogP contribution in [0.2, 0.25) is 0 Å². The van der Waals surface area contributed by atoms with Gasteiger partial charge in [-0.15, -0.1) is 24.0 Å². The van der Waals surface area contributed by atoms with Crippen molar-refractivity contribution < 1.29 is 13.2 Å². The maximum Gasteiger partial charge on any atom is 0.390 e. The number of alkyl halides is 3. The van der Waals surface area contributed by atoms with E-state index in [0.717, 1.165) is 11.3 Å². The molecule has 0 amide bonds. The van der Waals surface area contributed by atoms with Crippen LogP contribution in [0.15, 0.2) is 41.9 Å². The fraction of sp³-hybridized carbons (Fsp3) is 0.357. The average molecular weight is 454 g/mol. The van der Waals surface area contributed by atoms with Crippen molar-refractivity contribution in [2.24, 2.45) is 4.99 Å². The molecule has 24 heavy (non-hydrogen) atoms. The Morgan fingerprint density at radius 1 is 1.21 bits per heavy atom. The van der Waals surface area contributed by atoms with E-state index in [4.69, 9.17) is 0 Å². The Morgan fingerprint density at radius 3 is 2.46 bits per heavy atom. The zero-order valence-corrected chi connectivity index (χ0v) is 15.2. The van der Waals surface area contributed by atoms with Gasteiger partial charge in [-0.2, -0.15) is 18.3 Å². The molecule has 1 aromatic carbocycles. The second-order valence-electron chi connectivity index (χ2n) is 4.72. The van der Waals surface area contributed by atoms with Crippen LogP contribution in [0, 0.1) is 0 Å². The Balaban J connectivity index is 0.00000288. The number of nitrogens with one attached hydrogen (secondary N) is 2. The summed E-state index contributed by atoms with van der Waals surface area (Å²) in [6, 6.07) is 7.55. The molecule has 0 atom stereocenters. The van der Waals surface area contributed by atoms with Gasteiger partial charge in [0.2, 0.25) is 0 Å². The predicted octanol–water partition coefficient (Wildman–Crippen LogP) is 2.50. The van der Waals surface area contributed by atoms with Crippen LogP contribution in [-0.4, -0.2) is 40.5 Å². The summed E-state index contributed by atoms with van der Waals surface area (Å²) in [5.74, 6) is 0.328. The van der Waals surface area contributed by atoms with Crippen LogP contribution in [0.25, 0.3) is 5.69 Å². The molecule has 2 N–H and O–H groups in total. The summed E-state index contributed by atoms with van der Waals surface area (Å²) in [6.45, 7) is 0.234. The van der Waals surface area contributed by atoms with Crippen LogP contribution in [0.4, 0.5) is 13.2 Å². The number of guanidine groups is 1. The number of rotatable bonds is 5. The number of benzene rings is 1. The van der Waals surface area contributed by atoms with Gasteiger partial charge < -0.3 is 10.6 Å². The second-order valence-corrected chi connectivity index (χ2v) is 4.72. The molecule has 0 aliphatic rings. The molecule has 2 rings (SSSR count). The first-order valence-corrected chi connectivity index (χ1v) is 6.93. The monoisotopic (exact) mass is 454 g/mol. The van der Waals surface area contributed by atoms with Gasteiger partial charge in [-0.1, -0.05) is 12.1 Å². The van der Waals surface area contributed by atoms with Crippen molar-refractivity contribution in [1.29, 1.82) is 0 Å². The van der Waals surface area contributed by atoms with Gasteiger partial charge in [0.25, 0.3) is 0 Å². The van der Waals surface area contributed by atoms with Crippen molar-refractivity contribution in [2.75, 3.05) is 13.6 Å². The quantitative estimate of drug-likeness (QED) is 0.414. The van der Waals surface area contributed by atoms with E-state index in [1.54, 1.807) is 11.0 Å². The molecule has 0 unspecified atom stereocenters. The van der Waals surface area contributed by atoms with Gasteiger partial charge in [0.05, 0.1) is 12.1 Å². The SMILES string of the molecule is CN=C(NCCC(F)(F)F)NCc1ccc(-n2cncn2)cc1.I. The number of aromatic nitrogens is 3. The molecule has 1 aromatic heterocycles. The summed E-state index contributed by atoms with van der Waals surface area (Å²) < 4.78 is 37.9. The smallest absolute Gasteiger partial charge is 0.356 e. The van der Waals surface area contributed by atoms with Crippen LogP contribution < -0.4 is 10.6 Å². The van der Waals surface area contributed by atoms with E-state index in [1.165, 1.54) is 13.4 Å². The first-order chi connectivity index (χ1) is 11.0. The highest BCUT2D eigenvalue weighted by Crippen LogP contribution is 2.18. The van der Waals surface area contributed by atoms with Gasteiger partial charge in [0, 0.05) is 20.1 Å². The Bertz CT molecular complexity index is 625. The molecule has 1 heterocycles. The van der Waals surface area contributed by atoms with Crippen molar-refractivity contribution in [2.45, 2.75) is 19.1 Å². The van der Waals surface area contributed by atoms with Crippen LogP contribution in [0.3, 0.4) is 0 Å². The first-order valence-electron chi connectivity index (χ1n) is 6.93. The van der Waals surface area contributed by atoms with Crippen molar-refractivity contribution in [1.82, 2.24) is 25.4 Å². The molecule has 0 aliphatic carbocycles. The van der Waals surface area contributed by atoms with E-state index in [-0.39, 0.29) is 30.5 Å². The molecular weight excluding hydrogens is 436 g/mol. The van der Waals surface area contributed by atoms with Crippen molar-refractivity contribution in [3.63, 3.8) is 0 Å². The molecular formula is C14H18F3IN6. The number of hydrogen-bond donors (Lipinski definition) is 2. The van der Waals surface area contributed by atoms with Crippen LogP contribution in [-0.2, 0) is 6.54 Å². The van der Waals surface area contributed by atoms with Gasteiger partial charge in [-0.25, -0.2) is 9.67 Å². The maximum atomic E-state index is 12.1. The summed E-state index contributed by atoms with van der Waals surface area (Å²) in [4.78, 5) is 7.76. The van der Waals surface area contributed by atoms with Crippen LogP contribution in [0.1, 0.15) is 12.0 Å². The highest BCUT2D eigenvalue weighted by molar-refractivity contribution is 14.0. The third-order valence-electron chi connectivity index (χ3n) is 3.00. The zero-order valence-electron chi connectivity index (χ0n) is 12.9. The normalized spacial score (nSPS) is 11.8. The molecule has 2 aromatic rings. The van der Waals surface area contributed by atoms with Crippen LogP contribution >= 0.6 is 24.0 Å². The second kappa shape index (κ2) is 9.45. The lowest BCUT2D eigenvalue weighted by atomic mass is 10.2. The molecule has 0 bridgehead atoms. The highest BCUT2D eigenvalue weighted by atomic mass is 127. The van der Waals surface area contributed by atoms with Gasteiger partial charge in [-0.05, 0) is 17.7 Å². The van der Waals surface area contributed by atoms with Gasteiger partial charge in [0.1, 0.15) is 12.7 Å². The van der Waals surface area contributed by atoms with Crippen LogP contribution in [0.5, 0.6) is 0 Å². The highest BCUT2D eigenvalue weighted by Gasteiger charge is 2.26. The van der Waals surface area contributed by atoms with Crippen molar-refractivity contribution >= 4 is 29.9 Å². The Hall–Kier alpha value is -1.85. The van der Waals surface area contributed by atoms with E-state index in [2.05, 4.69) is 25.7 Å². The predicted molar refractivity (Wildman–Crippen MR) is 95.6 cm³/mol. The lowest BCUT2D eigenvalue weighted by Gasteiger charge is -2.13. The van der Waals surface area contributed by atoms with Crippen molar-refractivity contribution in [3.8, 4) is 5.69 Å². The largest absolute Gasteiger partial charge is 0.390 e. The first kappa shape index (κ1) is 20.2. The molecule has 132 valence electrons. The maximum absolute atomic E-state index is 12.1. The Morgan fingerprint density at radius 2 is 1.92 bits per heavy atom. The number of hydrogen-bond acceptors (Lipinski definition) is 3. The van der Waals surface area contributed by atoms with Crippen molar-refractivity contribution in [3.05, 3.63) is 42.5 Å². The van der Waals surface area contributed by atoms with E-state index < -0.39 is 12.6 Å². The summed E-state index contributed by atoms with van der Waals surface area (Å²) in [5.41, 5.74) is 1.84. The van der Waals surface area contributed by atoms with Gasteiger partial charge in [0.15, 0.2) is 5.96 Å². The summed E-state index contributed by atoms with van der Waals surface area (Å²) in [5, 5.41) is 9.62. The molecule has 0 radical (unpaired) electrons. The minimum absolute atomic E-state index is 0. The van der Waals surface area contributed by atoms with Gasteiger partial charge in [-0.3, -0.25) is 4.99 Å². The third-order valence-corrected chi connectivity index (χ3v) is 3.00. The minimum Gasteiger partial charge on any atom is -0.356 e. The fourth-order valence-electron chi connectivity index (χ4n) is 1.84. The zero-order chi connectivity index (χ0) is 16.7. The summed E-state index contributed by atoms with van der Waals surface area (Å²) in [7, 11) is 1.51. The third kappa shape index (κ3) is 6.72. The lowest BCUT2D eigenvalue weighted by molar-refractivity contribution is -0.132. The standard InChI is InChI=1S/C14H17F3N6.HI/c1-18-13(20-7-6-14(15,16)17)21-8-11-2-4-12(5-3-11)23-10-19-9-22-23;/h2-5,9-10H,6-8H2,1H3,(H2,18,20,21);1H. The molecule has 0 saturated heterocycles. The lowest BCUT2D eigenvalue weighted by Crippen LogP contribution is -2.38. The summed E-state index contributed by atoms with van der Waals surface area (Å²) in [6.07, 6.45) is -2.03. The molecule has 0 fully saturated rings. The summed E-state index contributed by atoms with van der Waals surface area (Å²) >= 11 is 0. The molecule has 10 heteroatoms. The molecule has 0 aliphatic heterocycles. The Labute approximate surface area is 154 Å². The van der Waals surface area contributed by atoms with E-state index >= 15 is 0 Å². The number of aliphatic imine (C=N–C) groups is 1. The van der Waals surface area contributed by atoms with E-state index in [1.807, 2.05) is 24.3 Å². The van der Waals surface area contributed by atoms with E-state index in [9.17, 15) is 13.2 Å². The number of nitrogens with zero attached hydrogens (tertiary/aromatic N) is 4. The minimum atomic E-state index is -4.18. The fourth-order valence-corrected chi connectivity index (χ4v) is 1.84. The topological polar surface area (TPSA) is 67.1 Å². The Kier molecular flexibility index (Phi) is 7.95. The molecule has 0 saturated carbocycles.